The van der Waals surface area contributed by atoms with E-state index < -0.39 is 0 Å². The van der Waals surface area contributed by atoms with E-state index in [1.165, 1.54) is 0 Å². The van der Waals surface area contributed by atoms with Crippen molar-refractivity contribution in [1.82, 2.24) is 10.2 Å². The highest BCUT2D eigenvalue weighted by Crippen LogP contribution is 2.24. The molecule has 30 heavy (non-hydrogen) atoms. The molecule has 3 aromatic rings. The third-order valence-electron chi connectivity index (χ3n) is 4.96. The van der Waals surface area contributed by atoms with Crippen LogP contribution in [0.25, 0.3) is 10.8 Å². The fourth-order valence-corrected chi connectivity index (χ4v) is 3.97. The topological polar surface area (TPSA) is 61.4 Å². The maximum absolute atomic E-state index is 12.5. The lowest BCUT2D eigenvalue weighted by molar-refractivity contribution is -0.123. The van der Waals surface area contributed by atoms with Crippen molar-refractivity contribution in [2.24, 2.45) is 0 Å². The summed E-state index contributed by atoms with van der Waals surface area (Å²) in [6.07, 6.45) is 0. The molecular weight excluding hydrogens is 442 g/mol. The zero-order valence-electron chi connectivity index (χ0n) is 17.4. The Balaban J connectivity index is 1.54. The SMILES string of the molecule is Cc1cc(Br)ccc1NC(=O)CN(C)CC(=O)NC(C)c1cccc2ccccc12. The molecule has 2 amide bonds. The number of aryl methyl sites for hydroxylation is 1. The lowest BCUT2D eigenvalue weighted by Crippen LogP contribution is -2.39. The third kappa shape index (κ3) is 5.68. The van der Waals surface area contributed by atoms with Gasteiger partial charge in [-0.25, -0.2) is 0 Å². The van der Waals surface area contributed by atoms with Crippen molar-refractivity contribution in [2.45, 2.75) is 19.9 Å². The molecule has 0 aliphatic heterocycles. The first-order valence-electron chi connectivity index (χ1n) is 9.85. The smallest absolute Gasteiger partial charge is 0.238 e. The van der Waals surface area contributed by atoms with Crippen molar-refractivity contribution in [3.8, 4) is 0 Å². The zero-order chi connectivity index (χ0) is 21.7. The molecule has 0 radical (unpaired) electrons. The van der Waals surface area contributed by atoms with Crippen molar-refractivity contribution in [3.05, 3.63) is 76.3 Å². The zero-order valence-corrected chi connectivity index (χ0v) is 19.0. The number of carbonyl (C=O) groups excluding carboxylic acids is 2. The van der Waals surface area contributed by atoms with E-state index in [-0.39, 0.29) is 30.9 Å². The van der Waals surface area contributed by atoms with Gasteiger partial charge in [-0.15, -0.1) is 0 Å². The van der Waals surface area contributed by atoms with Crippen LogP contribution in [0.3, 0.4) is 0 Å². The monoisotopic (exact) mass is 467 g/mol. The van der Waals surface area contributed by atoms with Crippen molar-refractivity contribution < 1.29 is 9.59 Å². The first-order valence-corrected chi connectivity index (χ1v) is 10.6. The maximum atomic E-state index is 12.5. The van der Waals surface area contributed by atoms with Gasteiger partial charge < -0.3 is 10.6 Å². The van der Waals surface area contributed by atoms with E-state index in [9.17, 15) is 9.59 Å². The number of anilines is 1. The lowest BCUT2D eigenvalue weighted by Gasteiger charge is -2.20. The minimum Gasteiger partial charge on any atom is -0.348 e. The van der Waals surface area contributed by atoms with Gasteiger partial charge in [0.1, 0.15) is 0 Å². The van der Waals surface area contributed by atoms with Crippen LogP contribution < -0.4 is 10.6 Å². The summed E-state index contributed by atoms with van der Waals surface area (Å²) in [7, 11) is 1.76. The molecule has 1 unspecified atom stereocenters. The van der Waals surface area contributed by atoms with E-state index in [0.29, 0.717) is 0 Å². The maximum Gasteiger partial charge on any atom is 0.238 e. The summed E-state index contributed by atoms with van der Waals surface area (Å²) < 4.78 is 0.965. The molecule has 3 rings (SSSR count). The molecule has 0 aliphatic rings. The molecule has 156 valence electrons. The van der Waals surface area contributed by atoms with E-state index in [2.05, 4.69) is 44.8 Å². The van der Waals surface area contributed by atoms with E-state index in [0.717, 1.165) is 32.1 Å². The van der Waals surface area contributed by atoms with Crippen LogP contribution in [-0.4, -0.2) is 36.9 Å². The van der Waals surface area contributed by atoms with Crippen LogP contribution in [-0.2, 0) is 9.59 Å². The molecular formula is C24H26BrN3O2. The average molecular weight is 468 g/mol. The van der Waals surface area contributed by atoms with Crippen molar-refractivity contribution >= 4 is 44.2 Å². The van der Waals surface area contributed by atoms with E-state index >= 15 is 0 Å². The normalized spacial score (nSPS) is 12.0. The molecule has 0 aliphatic carbocycles. The summed E-state index contributed by atoms with van der Waals surface area (Å²) in [6, 6.07) is 19.8. The van der Waals surface area contributed by atoms with Crippen LogP contribution in [0.15, 0.2) is 65.1 Å². The van der Waals surface area contributed by atoms with E-state index in [1.54, 1.807) is 11.9 Å². The van der Waals surface area contributed by atoms with Gasteiger partial charge >= 0.3 is 0 Å². The number of fused-ring (bicyclic) bond motifs is 1. The summed E-state index contributed by atoms with van der Waals surface area (Å²) in [5.41, 5.74) is 2.82. The summed E-state index contributed by atoms with van der Waals surface area (Å²) >= 11 is 3.41. The molecule has 0 aromatic heterocycles. The fraction of sp³-hybridized carbons (Fsp3) is 0.250. The highest BCUT2D eigenvalue weighted by atomic mass is 79.9. The number of nitrogens with zero attached hydrogens (tertiary/aromatic N) is 1. The Morgan fingerprint density at radius 3 is 2.47 bits per heavy atom. The fourth-order valence-electron chi connectivity index (χ4n) is 3.50. The number of nitrogens with one attached hydrogen (secondary N) is 2. The predicted octanol–water partition coefficient (Wildman–Crippen LogP) is 4.66. The van der Waals surface area contributed by atoms with Crippen molar-refractivity contribution in [1.29, 1.82) is 0 Å². The number of hydrogen-bond donors (Lipinski definition) is 2. The van der Waals surface area contributed by atoms with Crippen LogP contribution in [0.5, 0.6) is 0 Å². The first kappa shape index (κ1) is 22.0. The number of halogens is 1. The number of carbonyl (C=O) groups is 2. The second-order valence-corrected chi connectivity index (χ2v) is 8.45. The highest BCUT2D eigenvalue weighted by molar-refractivity contribution is 9.10. The number of rotatable bonds is 7. The van der Waals surface area contributed by atoms with Gasteiger partial charge in [-0.2, -0.15) is 0 Å². The van der Waals surface area contributed by atoms with Crippen LogP contribution >= 0.6 is 15.9 Å². The van der Waals surface area contributed by atoms with Gasteiger partial charge in [-0.3, -0.25) is 14.5 Å². The van der Waals surface area contributed by atoms with Crippen LogP contribution in [0, 0.1) is 6.92 Å². The number of hydrogen-bond acceptors (Lipinski definition) is 3. The molecule has 0 saturated carbocycles. The minimum absolute atomic E-state index is 0.120. The second kappa shape index (κ2) is 9.87. The van der Waals surface area contributed by atoms with E-state index in [1.807, 2.05) is 56.3 Å². The molecule has 0 spiro atoms. The van der Waals surface area contributed by atoms with Gasteiger partial charge in [0.2, 0.25) is 11.8 Å². The van der Waals surface area contributed by atoms with Gasteiger partial charge in [0.25, 0.3) is 0 Å². The molecule has 3 aromatic carbocycles. The summed E-state index contributed by atoms with van der Waals surface area (Å²) in [6.45, 7) is 4.18. The van der Waals surface area contributed by atoms with Gasteiger partial charge in [0, 0.05) is 10.2 Å². The predicted molar refractivity (Wildman–Crippen MR) is 126 cm³/mol. The number of amides is 2. The van der Waals surface area contributed by atoms with Crippen molar-refractivity contribution in [2.75, 3.05) is 25.5 Å². The molecule has 6 heteroatoms. The Bertz CT molecular complexity index is 1060. The third-order valence-corrected chi connectivity index (χ3v) is 5.45. The number of benzene rings is 3. The molecule has 0 fully saturated rings. The quantitative estimate of drug-likeness (QED) is 0.531. The molecule has 0 saturated heterocycles. The van der Waals surface area contributed by atoms with Crippen LogP contribution in [0.2, 0.25) is 0 Å². The average Bonchev–Trinajstić information content (AvgIpc) is 2.69. The minimum atomic E-state index is -0.155. The first-order chi connectivity index (χ1) is 14.3. The number of likely N-dealkylation sites (N-methyl/N-ethyl adjacent to an activating group) is 1. The van der Waals surface area contributed by atoms with Gasteiger partial charge in [-0.05, 0) is 61.0 Å². The van der Waals surface area contributed by atoms with Gasteiger partial charge in [-0.1, -0.05) is 58.4 Å². The second-order valence-electron chi connectivity index (χ2n) is 7.54. The Labute approximate surface area is 185 Å². The summed E-state index contributed by atoms with van der Waals surface area (Å²) in [4.78, 5) is 26.6. The lowest BCUT2D eigenvalue weighted by atomic mass is 10.00. The summed E-state index contributed by atoms with van der Waals surface area (Å²) in [5.74, 6) is -0.275. The molecule has 1 atom stereocenters. The summed E-state index contributed by atoms with van der Waals surface area (Å²) in [5, 5.41) is 8.21. The Morgan fingerprint density at radius 2 is 1.70 bits per heavy atom. The Kier molecular flexibility index (Phi) is 7.24. The standard InChI is InChI=1S/C24H26BrN3O2/c1-16-13-19(25)11-12-22(16)27-24(30)15-28(3)14-23(29)26-17(2)20-10-6-8-18-7-4-5-9-21(18)20/h4-13,17H,14-15H2,1-3H3,(H,26,29)(H,27,30). The molecule has 5 nitrogen and oxygen atoms in total. The van der Waals surface area contributed by atoms with Crippen molar-refractivity contribution in [3.63, 3.8) is 0 Å². The van der Waals surface area contributed by atoms with E-state index in [4.69, 9.17) is 0 Å². The van der Waals surface area contributed by atoms with Crippen LogP contribution in [0.4, 0.5) is 5.69 Å². The van der Waals surface area contributed by atoms with Gasteiger partial charge in [0.15, 0.2) is 0 Å². The Hall–Kier alpha value is -2.70. The molecule has 2 N–H and O–H groups in total. The highest BCUT2D eigenvalue weighted by Gasteiger charge is 2.15. The van der Waals surface area contributed by atoms with Gasteiger partial charge in [0.05, 0.1) is 19.1 Å². The molecule has 0 heterocycles. The molecule has 0 bridgehead atoms. The Morgan fingerprint density at radius 1 is 1.00 bits per heavy atom. The largest absolute Gasteiger partial charge is 0.348 e. The van der Waals surface area contributed by atoms with Crippen LogP contribution in [0.1, 0.15) is 24.1 Å².